The van der Waals surface area contributed by atoms with Gasteiger partial charge in [-0.25, -0.2) is 9.97 Å². The molecule has 0 N–H and O–H groups in total. The fourth-order valence-electron chi connectivity index (χ4n) is 3.20. The summed E-state index contributed by atoms with van der Waals surface area (Å²) in [5, 5.41) is 0.859. The molecule has 5 heteroatoms. The summed E-state index contributed by atoms with van der Waals surface area (Å²) in [5.74, 6) is -0.0524. The van der Waals surface area contributed by atoms with E-state index in [9.17, 15) is 4.79 Å². The van der Waals surface area contributed by atoms with Crippen molar-refractivity contribution in [1.29, 1.82) is 0 Å². The Hall–Kier alpha value is -3.60. The van der Waals surface area contributed by atoms with Crippen LogP contribution < -0.4 is 0 Å². The molecule has 4 rings (SSSR count). The zero-order valence-corrected chi connectivity index (χ0v) is 15.6. The highest BCUT2D eigenvalue weighted by Crippen LogP contribution is 2.19. The first-order chi connectivity index (χ1) is 13.7. The summed E-state index contributed by atoms with van der Waals surface area (Å²) < 4.78 is 0. The van der Waals surface area contributed by atoms with Crippen LogP contribution in [-0.2, 0) is 13.1 Å². The van der Waals surface area contributed by atoms with Crippen molar-refractivity contribution in [3.8, 4) is 0 Å². The minimum absolute atomic E-state index is 0.0524. The summed E-state index contributed by atoms with van der Waals surface area (Å²) in [7, 11) is 0. The molecule has 0 saturated carbocycles. The summed E-state index contributed by atoms with van der Waals surface area (Å²) in [6.45, 7) is 2.84. The number of carbonyl (C=O) groups is 1. The quantitative estimate of drug-likeness (QED) is 0.530. The van der Waals surface area contributed by atoms with E-state index in [1.807, 2.05) is 72.5 Å². The van der Waals surface area contributed by atoms with E-state index in [0.717, 1.165) is 16.5 Å². The van der Waals surface area contributed by atoms with E-state index in [-0.39, 0.29) is 5.91 Å². The predicted octanol–water partition coefficient (Wildman–Crippen LogP) is 4.18. The van der Waals surface area contributed by atoms with E-state index < -0.39 is 0 Å². The topological polar surface area (TPSA) is 59.0 Å². The predicted molar refractivity (Wildman–Crippen MR) is 109 cm³/mol. The molecule has 0 radical (unpaired) electrons. The van der Waals surface area contributed by atoms with Crippen molar-refractivity contribution in [3.05, 3.63) is 102 Å². The molecule has 5 nitrogen and oxygen atoms in total. The number of hydrogen-bond donors (Lipinski definition) is 0. The molecular weight excluding hydrogens is 348 g/mol. The Kier molecular flexibility index (Phi) is 5.06. The number of fused-ring (bicyclic) bond motifs is 1. The van der Waals surface area contributed by atoms with Crippen LogP contribution in [0.3, 0.4) is 0 Å². The first-order valence-electron chi connectivity index (χ1n) is 9.15. The highest BCUT2D eigenvalue weighted by Gasteiger charge is 2.20. The standard InChI is InChI=1S/C23H20N4O/c1-17-21(13-20-10-6-12-25-22(20)26-17)23(28)27(15-18-7-3-2-4-8-18)16-19-9-5-11-24-14-19/h2-14H,15-16H2,1H3. The molecule has 0 atom stereocenters. The van der Waals surface area contributed by atoms with Gasteiger partial charge in [0.15, 0.2) is 5.65 Å². The molecule has 28 heavy (non-hydrogen) atoms. The van der Waals surface area contributed by atoms with Crippen LogP contribution in [0.25, 0.3) is 11.0 Å². The van der Waals surface area contributed by atoms with Crippen molar-refractivity contribution >= 4 is 16.9 Å². The maximum Gasteiger partial charge on any atom is 0.256 e. The smallest absolute Gasteiger partial charge is 0.256 e. The van der Waals surface area contributed by atoms with Gasteiger partial charge in [-0.3, -0.25) is 9.78 Å². The Morgan fingerprint density at radius 1 is 0.929 bits per heavy atom. The fourth-order valence-corrected chi connectivity index (χ4v) is 3.20. The second kappa shape index (κ2) is 7.96. The third-order valence-electron chi connectivity index (χ3n) is 4.61. The highest BCUT2D eigenvalue weighted by atomic mass is 16.2. The van der Waals surface area contributed by atoms with E-state index >= 15 is 0 Å². The van der Waals surface area contributed by atoms with Crippen molar-refractivity contribution in [3.63, 3.8) is 0 Å². The molecule has 0 bridgehead atoms. The van der Waals surface area contributed by atoms with Crippen LogP contribution in [0.4, 0.5) is 0 Å². The molecule has 0 aliphatic heterocycles. The van der Waals surface area contributed by atoms with Crippen LogP contribution in [0.5, 0.6) is 0 Å². The maximum atomic E-state index is 13.5. The number of carbonyl (C=O) groups excluding carboxylic acids is 1. The van der Waals surface area contributed by atoms with E-state index in [0.29, 0.717) is 30.0 Å². The van der Waals surface area contributed by atoms with Gasteiger partial charge in [-0.2, -0.15) is 0 Å². The van der Waals surface area contributed by atoms with Gasteiger partial charge < -0.3 is 4.90 Å². The molecule has 1 amide bonds. The monoisotopic (exact) mass is 368 g/mol. The molecule has 138 valence electrons. The SMILES string of the molecule is Cc1nc2ncccc2cc1C(=O)N(Cc1ccccc1)Cc1cccnc1. The van der Waals surface area contributed by atoms with Gasteiger partial charge in [0.1, 0.15) is 0 Å². The first kappa shape index (κ1) is 17.8. The Balaban J connectivity index is 1.70. The first-order valence-corrected chi connectivity index (χ1v) is 9.15. The Morgan fingerprint density at radius 3 is 2.46 bits per heavy atom. The van der Waals surface area contributed by atoms with Gasteiger partial charge in [0.2, 0.25) is 0 Å². The average molecular weight is 368 g/mol. The largest absolute Gasteiger partial charge is 0.330 e. The van der Waals surface area contributed by atoms with E-state index in [1.165, 1.54) is 0 Å². The van der Waals surface area contributed by atoms with E-state index in [4.69, 9.17) is 0 Å². The number of aryl methyl sites for hydroxylation is 1. The molecule has 4 aromatic rings. The van der Waals surface area contributed by atoms with Crippen LogP contribution in [0.15, 0.2) is 79.3 Å². The Morgan fingerprint density at radius 2 is 1.68 bits per heavy atom. The third-order valence-corrected chi connectivity index (χ3v) is 4.61. The zero-order valence-electron chi connectivity index (χ0n) is 15.6. The molecule has 3 aromatic heterocycles. The molecule has 0 fully saturated rings. The maximum absolute atomic E-state index is 13.5. The highest BCUT2D eigenvalue weighted by molar-refractivity contribution is 5.98. The van der Waals surface area contributed by atoms with Crippen molar-refractivity contribution in [1.82, 2.24) is 19.9 Å². The molecule has 0 saturated heterocycles. The van der Waals surface area contributed by atoms with Gasteiger partial charge in [-0.1, -0.05) is 36.4 Å². The van der Waals surface area contributed by atoms with Gasteiger partial charge in [-0.05, 0) is 42.3 Å². The van der Waals surface area contributed by atoms with Gasteiger partial charge in [-0.15, -0.1) is 0 Å². The summed E-state index contributed by atoms with van der Waals surface area (Å²) in [6.07, 6.45) is 5.23. The van der Waals surface area contributed by atoms with Crippen molar-refractivity contribution in [2.45, 2.75) is 20.0 Å². The number of hydrogen-bond acceptors (Lipinski definition) is 4. The third kappa shape index (κ3) is 3.88. The van der Waals surface area contributed by atoms with Crippen LogP contribution >= 0.6 is 0 Å². The van der Waals surface area contributed by atoms with Crippen LogP contribution in [0.2, 0.25) is 0 Å². The number of benzene rings is 1. The lowest BCUT2D eigenvalue weighted by Gasteiger charge is -2.24. The van der Waals surface area contributed by atoms with Gasteiger partial charge >= 0.3 is 0 Å². The normalized spacial score (nSPS) is 10.8. The van der Waals surface area contributed by atoms with E-state index in [1.54, 1.807) is 18.6 Å². The number of aromatic nitrogens is 3. The summed E-state index contributed by atoms with van der Waals surface area (Å²) in [6, 6.07) is 19.5. The average Bonchev–Trinajstić information content (AvgIpc) is 2.74. The lowest BCUT2D eigenvalue weighted by atomic mass is 10.1. The summed E-state index contributed by atoms with van der Waals surface area (Å²) in [4.78, 5) is 28.3. The molecule has 0 aliphatic carbocycles. The number of amides is 1. The molecule has 0 unspecified atom stereocenters. The number of pyridine rings is 3. The van der Waals surface area contributed by atoms with Crippen LogP contribution in [0.1, 0.15) is 27.2 Å². The molecule has 0 spiro atoms. The molecule has 1 aromatic carbocycles. The van der Waals surface area contributed by atoms with Gasteiger partial charge in [0.25, 0.3) is 5.91 Å². The summed E-state index contributed by atoms with van der Waals surface area (Å²) >= 11 is 0. The number of rotatable bonds is 5. The Labute approximate surface area is 163 Å². The minimum atomic E-state index is -0.0524. The molecule has 3 heterocycles. The zero-order chi connectivity index (χ0) is 19.3. The Bertz CT molecular complexity index is 1060. The fraction of sp³-hybridized carbons (Fsp3) is 0.130. The molecular formula is C23H20N4O. The van der Waals surface area contributed by atoms with Crippen molar-refractivity contribution in [2.75, 3.05) is 0 Å². The second-order valence-electron chi connectivity index (χ2n) is 6.68. The van der Waals surface area contributed by atoms with Gasteiger partial charge in [0, 0.05) is 37.1 Å². The van der Waals surface area contributed by atoms with Crippen LogP contribution in [-0.4, -0.2) is 25.8 Å². The minimum Gasteiger partial charge on any atom is -0.330 e. The second-order valence-corrected chi connectivity index (χ2v) is 6.68. The lowest BCUT2D eigenvalue weighted by molar-refractivity contribution is 0.0729. The van der Waals surface area contributed by atoms with Crippen LogP contribution in [0, 0.1) is 6.92 Å². The van der Waals surface area contributed by atoms with E-state index in [2.05, 4.69) is 15.0 Å². The lowest BCUT2D eigenvalue weighted by Crippen LogP contribution is -2.31. The summed E-state index contributed by atoms with van der Waals surface area (Å²) in [5.41, 5.74) is 3.99. The number of nitrogens with zero attached hydrogens (tertiary/aromatic N) is 4. The van der Waals surface area contributed by atoms with Crippen molar-refractivity contribution in [2.24, 2.45) is 0 Å². The van der Waals surface area contributed by atoms with Gasteiger partial charge in [0.05, 0.1) is 11.3 Å². The molecule has 0 aliphatic rings. The van der Waals surface area contributed by atoms with Crippen molar-refractivity contribution < 1.29 is 4.79 Å².